The van der Waals surface area contributed by atoms with E-state index in [4.69, 9.17) is 4.74 Å². The summed E-state index contributed by atoms with van der Waals surface area (Å²) in [7, 11) is 0. The molecule has 0 bridgehead atoms. The van der Waals surface area contributed by atoms with Gasteiger partial charge in [-0.15, -0.1) is 0 Å². The second kappa shape index (κ2) is 8.98. The van der Waals surface area contributed by atoms with Crippen LogP contribution in [0.25, 0.3) is 0 Å². The molecule has 0 saturated carbocycles. The molecule has 1 fully saturated rings. The van der Waals surface area contributed by atoms with Gasteiger partial charge < -0.3 is 10.1 Å². The standard InChI is InChI=1S/C17H28N2O/c1-2-18-15-16-9-5-6-10-17(16)20-14-13-19-11-7-3-4-8-12-19/h5-6,9-10,18H,2-4,7-8,11-15H2,1H3. The monoisotopic (exact) mass is 276 g/mol. The van der Waals surface area contributed by atoms with Crippen molar-refractivity contribution in [3.8, 4) is 5.75 Å². The number of nitrogens with zero attached hydrogens (tertiary/aromatic N) is 1. The fraction of sp³-hybridized carbons (Fsp3) is 0.647. The number of likely N-dealkylation sites (tertiary alicyclic amines) is 1. The second-order valence-corrected chi connectivity index (χ2v) is 5.49. The van der Waals surface area contributed by atoms with Crippen LogP contribution >= 0.6 is 0 Å². The van der Waals surface area contributed by atoms with E-state index in [1.165, 1.54) is 44.3 Å². The van der Waals surface area contributed by atoms with Crippen molar-refractivity contribution in [2.75, 3.05) is 32.8 Å². The van der Waals surface area contributed by atoms with Crippen molar-refractivity contribution < 1.29 is 4.74 Å². The topological polar surface area (TPSA) is 24.5 Å². The van der Waals surface area contributed by atoms with Crippen molar-refractivity contribution >= 4 is 0 Å². The highest BCUT2D eigenvalue weighted by Crippen LogP contribution is 2.18. The molecule has 0 amide bonds. The summed E-state index contributed by atoms with van der Waals surface area (Å²) in [5.74, 6) is 1.03. The molecule has 3 nitrogen and oxygen atoms in total. The molecule has 1 N–H and O–H groups in total. The normalized spacial score (nSPS) is 16.9. The van der Waals surface area contributed by atoms with Crippen LogP contribution in [0, 0.1) is 0 Å². The SMILES string of the molecule is CCNCc1ccccc1OCCN1CCCCCC1. The van der Waals surface area contributed by atoms with Crippen LogP contribution in [0.3, 0.4) is 0 Å². The first-order valence-corrected chi connectivity index (χ1v) is 8.04. The van der Waals surface area contributed by atoms with Crippen molar-refractivity contribution in [1.82, 2.24) is 10.2 Å². The molecule has 0 atom stereocenters. The van der Waals surface area contributed by atoms with Crippen LogP contribution in [0.1, 0.15) is 38.2 Å². The lowest BCUT2D eigenvalue weighted by Crippen LogP contribution is -2.29. The fourth-order valence-corrected chi connectivity index (χ4v) is 2.69. The molecule has 1 aliphatic heterocycles. The van der Waals surface area contributed by atoms with Crippen molar-refractivity contribution in [2.45, 2.75) is 39.2 Å². The molecule has 0 spiro atoms. The predicted octanol–water partition coefficient (Wildman–Crippen LogP) is 3.05. The van der Waals surface area contributed by atoms with Gasteiger partial charge in [-0.2, -0.15) is 0 Å². The number of nitrogens with one attached hydrogen (secondary N) is 1. The summed E-state index contributed by atoms with van der Waals surface area (Å²) in [6.07, 6.45) is 5.47. The number of benzene rings is 1. The molecule has 1 aromatic carbocycles. The average Bonchev–Trinajstić information content (AvgIpc) is 2.75. The largest absolute Gasteiger partial charge is 0.492 e. The van der Waals surface area contributed by atoms with Crippen LogP contribution in [-0.2, 0) is 6.54 Å². The average molecular weight is 276 g/mol. The van der Waals surface area contributed by atoms with E-state index in [9.17, 15) is 0 Å². The Morgan fingerprint density at radius 2 is 1.85 bits per heavy atom. The van der Waals surface area contributed by atoms with Gasteiger partial charge in [0, 0.05) is 18.7 Å². The highest BCUT2D eigenvalue weighted by Gasteiger charge is 2.09. The number of ether oxygens (including phenoxy) is 1. The highest BCUT2D eigenvalue weighted by atomic mass is 16.5. The fourth-order valence-electron chi connectivity index (χ4n) is 2.69. The summed E-state index contributed by atoms with van der Waals surface area (Å²) in [6.45, 7) is 8.32. The van der Waals surface area contributed by atoms with Crippen LogP contribution in [0.15, 0.2) is 24.3 Å². The molecule has 20 heavy (non-hydrogen) atoms. The molecule has 0 radical (unpaired) electrons. The van der Waals surface area contributed by atoms with E-state index in [-0.39, 0.29) is 0 Å². The Hall–Kier alpha value is -1.06. The zero-order valence-electron chi connectivity index (χ0n) is 12.7. The van der Waals surface area contributed by atoms with Crippen LogP contribution in [0.4, 0.5) is 0 Å². The number of rotatable bonds is 7. The number of hydrogen-bond acceptors (Lipinski definition) is 3. The molecule has 0 aromatic heterocycles. The molecule has 0 unspecified atom stereocenters. The molecule has 2 rings (SSSR count). The maximum atomic E-state index is 6.00. The van der Waals surface area contributed by atoms with E-state index in [2.05, 4.69) is 41.4 Å². The van der Waals surface area contributed by atoms with E-state index >= 15 is 0 Å². The molecule has 3 heteroatoms. The van der Waals surface area contributed by atoms with E-state index < -0.39 is 0 Å². The Morgan fingerprint density at radius 1 is 1.10 bits per heavy atom. The Bertz CT molecular complexity index is 373. The molecule has 1 aliphatic rings. The Labute approximate surface area is 123 Å². The molecule has 0 aliphatic carbocycles. The lowest BCUT2D eigenvalue weighted by Gasteiger charge is -2.20. The van der Waals surface area contributed by atoms with Crippen molar-refractivity contribution in [1.29, 1.82) is 0 Å². The first-order valence-electron chi connectivity index (χ1n) is 8.04. The summed E-state index contributed by atoms with van der Waals surface area (Å²) >= 11 is 0. The van der Waals surface area contributed by atoms with Gasteiger partial charge in [0.1, 0.15) is 12.4 Å². The Kier molecular flexibility index (Phi) is 6.89. The van der Waals surface area contributed by atoms with Gasteiger partial charge in [0.2, 0.25) is 0 Å². The highest BCUT2D eigenvalue weighted by molar-refractivity contribution is 5.33. The minimum absolute atomic E-state index is 0.795. The quantitative estimate of drug-likeness (QED) is 0.828. The molecule has 112 valence electrons. The molecule has 1 heterocycles. The van der Waals surface area contributed by atoms with Crippen LogP contribution in [0.5, 0.6) is 5.75 Å². The van der Waals surface area contributed by atoms with E-state index in [0.29, 0.717) is 0 Å². The van der Waals surface area contributed by atoms with Crippen LogP contribution in [0.2, 0.25) is 0 Å². The smallest absolute Gasteiger partial charge is 0.123 e. The Morgan fingerprint density at radius 3 is 2.60 bits per heavy atom. The minimum Gasteiger partial charge on any atom is -0.492 e. The van der Waals surface area contributed by atoms with Gasteiger partial charge in [-0.1, -0.05) is 38.0 Å². The maximum Gasteiger partial charge on any atom is 0.123 e. The second-order valence-electron chi connectivity index (χ2n) is 5.49. The third kappa shape index (κ3) is 5.14. The molecular weight excluding hydrogens is 248 g/mol. The first-order chi connectivity index (χ1) is 9.90. The van der Waals surface area contributed by atoms with E-state index in [0.717, 1.165) is 32.0 Å². The third-order valence-electron chi connectivity index (χ3n) is 3.90. The van der Waals surface area contributed by atoms with Gasteiger partial charge in [-0.25, -0.2) is 0 Å². The van der Waals surface area contributed by atoms with Gasteiger partial charge in [-0.3, -0.25) is 4.90 Å². The van der Waals surface area contributed by atoms with Crippen LogP contribution < -0.4 is 10.1 Å². The lowest BCUT2D eigenvalue weighted by atomic mass is 10.2. The first kappa shape index (κ1) is 15.3. The molecule has 1 saturated heterocycles. The molecule has 1 aromatic rings. The lowest BCUT2D eigenvalue weighted by molar-refractivity contribution is 0.213. The van der Waals surface area contributed by atoms with Gasteiger partial charge in [0.15, 0.2) is 0 Å². The van der Waals surface area contributed by atoms with Crippen molar-refractivity contribution in [3.63, 3.8) is 0 Å². The Balaban J connectivity index is 1.77. The van der Waals surface area contributed by atoms with Gasteiger partial charge >= 0.3 is 0 Å². The summed E-state index contributed by atoms with van der Waals surface area (Å²) in [4.78, 5) is 2.54. The number of para-hydroxylation sites is 1. The predicted molar refractivity (Wildman–Crippen MR) is 84.2 cm³/mol. The maximum absolute atomic E-state index is 6.00. The van der Waals surface area contributed by atoms with E-state index in [1.54, 1.807) is 0 Å². The van der Waals surface area contributed by atoms with Crippen molar-refractivity contribution in [2.24, 2.45) is 0 Å². The zero-order chi connectivity index (χ0) is 14.0. The van der Waals surface area contributed by atoms with E-state index in [1.807, 2.05) is 0 Å². The molecular formula is C17H28N2O. The van der Waals surface area contributed by atoms with Gasteiger partial charge in [-0.05, 0) is 38.5 Å². The zero-order valence-corrected chi connectivity index (χ0v) is 12.7. The third-order valence-corrected chi connectivity index (χ3v) is 3.90. The van der Waals surface area contributed by atoms with Crippen LogP contribution in [-0.4, -0.2) is 37.7 Å². The minimum atomic E-state index is 0.795. The van der Waals surface area contributed by atoms with Crippen molar-refractivity contribution in [3.05, 3.63) is 29.8 Å². The number of hydrogen-bond donors (Lipinski definition) is 1. The summed E-state index contributed by atoms with van der Waals surface area (Å²) in [5.41, 5.74) is 1.25. The summed E-state index contributed by atoms with van der Waals surface area (Å²) < 4.78 is 6.00. The van der Waals surface area contributed by atoms with Gasteiger partial charge in [0.25, 0.3) is 0 Å². The summed E-state index contributed by atoms with van der Waals surface area (Å²) in [5, 5.41) is 3.36. The van der Waals surface area contributed by atoms with Gasteiger partial charge in [0.05, 0.1) is 0 Å². The summed E-state index contributed by atoms with van der Waals surface area (Å²) in [6, 6.07) is 8.35.